The smallest absolute Gasteiger partial charge is 0.324 e. The van der Waals surface area contributed by atoms with Gasteiger partial charge in [-0.25, -0.2) is 9.37 Å². The number of carbonyl (C=O) groups excluding carboxylic acids is 1. The third-order valence-electron chi connectivity index (χ3n) is 4.93. The largest absolute Gasteiger partial charge is 0.435 e. The van der Waals surface area contributed by atoms with E-state index < -0.39 is 30.1 Å². The molecule has 1 aliphatic rings. The molecule has 3 heterocycles. The zero-order valence-corrected chi connectivity index (χ0v) is 15.8. The minimum absolute atomic E-state index is 0.00815. The Hall–Kier alpha value is -3.24. The van der Waals surface area contributed by atoms with Gasteiger partial charge in [0.15, 0.2) is 12.5 Å². The molecule has 0 bridgehead atoms. The Labute approximate surface area is 167 Å². The Morgan fingerprint density at radius 3 is 2.63 bits per heavy atom. The van der Waals surface area contributed by atoms with Gasteiger partial charge in [-0.15, -0.1) is 0 Å². The lowest BCUT2D eigenvalue weighted by Crippen LogP contribution is -2.30. The van der Waals surface area contributed by atoms with E-state index in [1.165, 1.54) is 10.7 Å². The van der Waals surface area contributed by atoms with Gasteiger partial charge in [0.25, 0.3) is 11.5 Å². The van der Waals surface area contributed by atoms with E-state index in [0.717, 1.165) is 29.4 Å². The highest BCUT2D eigenvalue weighted by molar-refractivity contribution is 5.94. The van der Waals surface area contributed by atoms with E-state index >= 15 is 0 Å². The number of alkyl halides is 4. The molecule has 0 aliphatic heterocycles. The summed E-state index contributed by atoms with van der Waals surface area (Å²) in [5.74, 6) is -0.760. The molecule has 4 rings (SSSR count). The molecule has 11 heteroatoms. The quantitative estimate of drug-likeness (QED) is 0.506. The van der Waals surface area contributed by atoms with Crippen LogP contribution in [0.3, 0.4) is 0 Å². The molecule has 1 saturated carbocycles. The molecule has 30 heavy (non-hydrogen) atoms. The molecule has 1 amide bonds. The third kappa shape index (κ3) is 3.66. The van der Waals surface area contributed by atoms with Crippen LogP contribution in [0.4, 0.5) is 17.6 Å². The number of halogens is 4. The Balaban J connectivity index is 1.77. The fourth-order valence-corrected chi connectivity index (χ4v) is 3.40. The molecule has 1 N–H and O–H groups in total. The van der Waals surface area contributed by atoms with Gasteiger partial charge in [0.1, 0.15) is 11.3 Å². The van der Waals surface area contributed by atoms with Crippen LogP contribution < -0.4 is 10.9 Å². The number of carbonyl (C=O) groups is 1. The second kappa shape index (κ2) is 7.22. The number of hydrogen-bond acceptors (Lipinski definition) is 4. The number of rotatable bonds is 5. The highest BCUT2D eigenvalue weighted by atomic mass is 19.4. The maximum atomic E-state index is 13.1. The molecule has 0 atom stereocenters. The summed E-state index contributed by atoms with van der Waals surface area (Å²) in [6.07, 6.45) is -3.01. The van der Waals surface area contributed by atoms with Crippen LogP contribution in [0.1, 0.15) is 51.9 Å². The number of hydrogen-bond donors (Lipinski definition) is 1. The van der Waals surface area contributed by atoms with Gasteiger partial charge in [0.2, 0.25) is 0 Å². The van der Waals surface area contributed by atoms with E-state index in [1.54, 1.807) is 13.0 Å². The Morgan fingerprint density at radius 1 is 1.27 bits per heavy atom. The van der Waals surface area contributed by atoms with E-state index in [2.05, 4.69) is 10.1 Å². The lowest BCUT2D eigenvalue weighted by atomic mass is 10.2. The number of aromatic nitrogens is 4. The van der Waals surface area contributed by atoms with Crippen molar-refractivity contribution in [2.45, 2.75) is 38.4 Å². The van der Waals surface area contributed by atoms with Crippen molar-refractivity contribution in [3.8, 4) is 0 Å². The van der Waals surface area contributed by atoms with Gasteiger partial charge in [0.05, 0.1) is 12.2 Å². The molecule has 1 aliphatic carbocycles. The van der Waals surface area contributed by atoms with E-state index in [-0.39, 0.29) is 29.5 Å². The monoisotopic (exact) mass is 423 g/mol. The topological polar surface area (TPSA) is 81.3 Å². The molecular formula is C19H17F4N5O2. The van der Waals surface area contributed by atoms with Crippen molar-refractivity contribution in [3.05, 3.63) is 63.0 Å². The Morgan fingerprint density at radius 2 is 2.00 bits per heavy atom. The molecular weight excluding hydrogens is 406 g/mol. The summed E-state index contributed by atoms with van der Waals surface area (Å²) >= 11 is 0. The second-order valence-corrected chi connectivity index (χ2v) is 7.17. The summed E-state index contributed by atoms with van der Waals surface area (Å²) in [4.78, 5) is 29.2. The maximum absolute atomic E-state index is 13.1. The van der Waals surface area contributed by atoms with E-state index in [9.17, 15) is 27.2 Å². The summed E-state index contributed by atoms with van der Waals surface area (Å²) in [6, 6.07) is 5.25. The number of fused-ring (bicyclic) bond motifs is 1. The van der Waals surface area contributed by atoms with Crippen LogP contribution in [0.2, 0.25) is 0 Å². The number of nitrogens with one attached hydrogen (secondary N) is 1. The van der Waals surface area contributed by atoms with Crippen molar-refractivity contribution < 1.29 is 22.4 Å². The van der Waals surface area contributed by atoms with Crippen LogP contribution in [-0.2, 0) is 12.7 Å². The molecule has 0 unspecified atom stereocenters. The van der Waals surface area contributed by atoms with Crippen LogP contribution in [0.5, 0.6) is 0 Å². The first kappa shape index (κ1) is 20.0. The van der Waals surface area contributed by atoms with Crippen LogP contribution >= 0.6 is 0 Å². The Bertz CT molecular complexity index is 1190. The van der Waals surface area contributed by atoms with E-state index in [1.807, 2.05) is 5.32 Å². The normalized spacial score (nSPS) is 14.3. The lowest BCUT2D eigenvalue weighted by Gasteiger charge is -2.12. The predicted molar refractivity (Wildman–Crippen MR) is 97.9 cm³/mol. The summed E-state index contributed by atoms with van der Waals surface area (Å²) in [5.41, 5.74) is -0.394. The van der Waals surface area contributed by atoms with Gasteiger partial charge in [-0.05, 0) is 37.5 Å². The van der Waals surface area contributed by atoms with Crippen molar-refractivity contribution >= 4 is 11.6 Å². The highest BCUT2D eigenvalue weighted by Crippen LogP contribution is 2.42. The van der Waals surface area contributed by atoms with Gasteiger partial charge >= 0.3 is 6.18 Å². The summed E-state index contributed by atoms with van der Waals surface area (Å²) in [6.45, 7) is 0.379. The fourth-order valence-electron chi connectivity index (χ4n) is 3.40. The first-order valence-corrected chi connectivity index (χ1v) is 9.20. The minimum Gasteiger partial charge on any atom is -0.324 e. The zero-order valence-electron chi connectivity index (χ0n) is 15.8. The van der Waals surface area contributed by atoms with Gasteiger partial charge < -0.3 is 5.32 Å². The van der Waals surface area contributed by atoms with Gasteiger partial charge in [0, 0.05) is 17.7 Å². The van der Waals surface area contributed by atoms with Gasteiger partial charge in [-0.1, -0.05) is 6.07 Å². The molecule has 0 saturated heterocycles. The molecule has 7 nitrogen and oxygen atoms in total. The molecule has 3 aromatic heterocycles. The van der Waals surface area contributed by atoms with Gasteiger partial charge in [-0.2, -0.15) is 18.3 Å². The number of aryl methyl sites for hydroxylation is 1. The second-order valence-electron chi connectivity index (χ2n) is 7.17. The molecule has 1 fully saturated rings. The molecule has 0 aromatic carbocycles. The summed E-state index contributed by atoms with van der Waals surface area (Å²) in [7, 11) is 0. The van der Waals surface area contributed by atoms with Crippen molar-refractivity contribution in [2.24, 2.45) is 0 Å². The summed E-state index contributed by atoms with van der Waals surface area (Å²) in [5, 5.41) is 5.68. The molecule has 158 valence electrons. The fraction of sp³-hybridized carbons (Fsp3) is 0.368. The van der Waals surface area contributed by atoms with Crippen molar-refractivity contribution in [1.82, 2.24) is 24.5 Å². The standard InChI is InChI=1S/C19H17F4N5O2/c1-10-2-5-15-25-12(6-16(29)28(15)17(10)18(30)24-9-20)8-27-13(11-3-4-11)7-14(26-27)19(21,22)23/h2,5-7,11H,3-4,8-9H2,1H3,(H,24,30). The van der Waals surface area contributed by atoms with Crippen LogP contribution in [0, 0.1) is 6.92 Å². The highest BCUT2D eigenvalue weighted by Gasteiger charge is 2.37. The summed E-state index contributed by atoms with van der Waals surface area (Å²) < 4.78 is 54.1. The van der Waals surface area contributed by atoms with E-state index in [0.29, 0.717) is 11.3 Å². The number of amides is 1. The van der Waals surface area contributed by atoms with Crippen molar-refractivity contribution in [3.63, 3.8) is 0 Å². The van der Waals surface area contributed by atoms with Crippen LogP contribution in [0.15, 0.2) is 29.1 Å². The average Bonchev–Trinajstić information content (AvgIpc) is 3.41. The third-order valence-corrected chi connectivity index (χ3v) is 4.93. The van der Waals surface area contributed by atoms with Gasteiger partial charge in [-0.3, -0.25) is 18.7 Å². The average molecular weight is 423 g/mol. The zero-order chi connectivity index (χ0) is 21.6. The molecule has 0 spiro atoms. The Kier molecular flexibility index (Phi) is 4.83. The predicted octanol–water partition coefficient (Wildman–Crippen LogP) is 2.80. The molecule has 0 radical (unpaired) electrons. The van der Waals surface area contributed by atoms with E-state index in [4.69, 9.17) is 0 Å². The minimum atomic E-state index is -4.57. The van der Waals surface area contributed by atoms with Crippen molar-refractivity contribution in [2.75, 3.05) is 6.80 Å². The lowest BCUT2D eigenvalue weighted by molar-refractivity contribution is -0.141. The maximum Gasteiger partial charge on any atom is 0.435 e. The number of pyridine rings is 1. The first-order chi connectivity index (χ1) is 14.2. The van der Waals surface area contributed by atoms with Crippen LogP contribution in [-0.4, -0.2) is 31.9 Å². The number of nitrogens with zero attached hydrogens (tertiary/aromatic N) is 4. The molecule has 3 aromatic rings. The first-order valence-electron chi connectivity index (χ1n) is 9.20. The SMILES string of the molecule is Cc1ccc2nc(Cn3nc(C(F)(F)F)cc3C3CC3)cc(=O)n2c1C(=O)NCF. The van der Waals surface area contributed by atoms with Crippen LogP contribution in [0.25, 0.3) is 5.65 Å². The van der Waals surface area contributed by atoms with Crippen molar-refractivity contribution in [1.29, 1.82) is 0 Å².